The lowest BCUT2D eigenvalue weighted by atomic mass is 10.1. The van der Waals surface area contributed by atoms with Gasteiger partial charge in [0, 0.05) is 11.4 Å². The predicted octanol–water partition coefficient (Wildman–Crippen LogP) is 3.09. The number of aromatic amines is 2. The third-order valence-corrected chi connectivity index (χ3v) is 3.64. The third kappa shape index (κ3) is 3.04. The standard InChI is InChI=1S/C16H17ClN4O/c1-9(2)6-12-14-15(21-20-12)16(22)19-13(18-14)8-10-4-3-5-11(17)7-10/h3-5,7,9H,6,8H2,1-2H3,(H,20,21)(H,18,19,22). The maximum atomic E-state index is 12.2. The fourth-order valence-corrected chi connectivity index (χ4v) is 2.67. The molecule has 2 heterocycles. The molecule has 0 amide bonds. The molecule has 22 heavy (non-hydrogen) atoms. The normalized spacial score (nSPS) is 11.5. The van der Waals surface area contributed by atoms with E-state index in [9.17, 15) is 4.79 Å². The van der Waals surface area contributed by atoms with Gasteiger partial charge in [0.05, 0.1) is 5.69 Å². The fraction of sp³-hybridized carbons (Fsp3) is 0.312. The van der Waals surface area contributed by atoms with Crippen molar-refractivity contribution in [1.29, 1.82) is 0 Å². The molecule has 114 valence electrons. The minimum Gasteiger partial charge on any atom is -0.308 e. The Labute approximate surface area is 132 Å². The van der Waals surface area contributed by atoms with Crippen molar-refractivity contribution in [2.24, 2.45) is 5.92 Å². The Bertz CT molecular complexity index is 866. The fourth-order valence-electron chi connectivity index (χ4n) is 2.46. The molecule has 3 rings (SSSR count). The molecular formula is C16H17ClN4O. The highest BCUT2D eigenvalue weighted by atomic mass is 35.5. The van der Waals surface area contributed by atoms with Crippen LogP contribution in [0.2, 0.25) is 5.02 Å². The Hall–Kier alpha value is -2.14. The number of nitrogens with zero attached hydrogens (tertiary/aromatic N) is 2. The van der Waals surface area contributed by atoms with E-state index in [0.717, 1.165) is 17.7 Å². The Kier molecular flexibility index (Phi) is 3.98. The molecule has 0 spiro atoms. The van der Waals surface area contributed by atoms with Crippen LogP contribution in [-0.4, -0.2) is 20.2 Å². The Morgan fingerprint density at radius 2 is 2.14 bits per heavy atom. The van der Waals surface area contributed by atoms with Crippen LogP contribution in [0, 0.1) is 5.92 Å². The van der Waals surface area contributed by atoms with Crippen molar-refractivity contribution in [2.75, 3.05) is 0 Å². The number of halogens is 1. The highest BCUT2D eigenvalue weighted by molar-refractivity contribution is 6.30. The van der Waals surface area contributed by atoms with Gasteiger partial charge in [-0.3, -0.25) is 9.89 Å². The quantitative estimate of drug-likeness (QED) is 0.776. The summed E-state index contributed by atoms with van der Waals surface area (Å²) in [5.74, 6) is 1.06. The smallest absolute Gasteiger partial charge is 0.276 e. The van der Waals surface area contributed by atoms with Crippen LogP contribution >= 0.6 is 11.6 Å². The van der Waals surface area contributed by atoms with Crippen LogP contribution in [0.1, 0.15) is 30.9 Å². The van der Waals surface area contributed by atoms with Crippen LogP contribution in [0.25, 0.3) is 11.0 Å². The second-order valence-corrected chi connectivity index (χ2v) is 6.25. The molecule has 0 fully saturated rings. The topological polar surface area (TPSA) is 74.4 Å². The van der Waals surface area contributed by atoms with E-state index >= 15 is 0 Å². The first kappa shape index (κ1) is 14.8. The summed E-state index contributed by atoms with van der Waals surface area (Å²) in [6.07, 6.45) is 1.31. The first-order valence-corrected chi connectivity index (χ1v) is 7.61. The van der Waals surface area contributed by atoms with E-state index in [2.05, 4.69) is 34.0 Å². The first-order valence-electron chi connectivity index (χ1n) is 7.23. The SMILES string of the molecule is CC(C)Cc1n[nH]c2c(=O)[nH]c(Cc3cccc(Cl)c3)nc12. The predicted molar refractivity (Wildman–Crippen MR) is 87.3 cm³/mol. The average Bonchev–Trinajstić information content (AvgIpc) is 2.82. The lowest BCUT2D eigenvalue weighted by Crippen LogP contribution is -2.12. The molecule has 6 heteroatoms. The van der Waals surface area contributed by atoms with Crippen molar-refractivity contribution < 1.29 is 0 Å². The number of nitrogens with one attached hydrogen (secondary N) is 2. The zero-order valence-electron chi connectivity index (χ0n) is 12.5. The van der Waals surface area contributed by atoms with Crippen LogP contribution in [0.4, 0.5) is 0 Å². The summed E-state index contributed by atoms with van der Waals surface area (Å²) in [4.78, 5) is 19.5. The minimum absolute atomic E-state index is 0.190. The van der Waals surface area contributed by atoms with Crippen LogP contribution in [0.15, 0.2) is 29.1 Å². The van der Waals surface area contributed by atoms with Gasteiger partial charge in [-0.05, 0) is 30.0 Å². The molecule has 0 aliphatic rings. The lowest BCUT2D eigenvalue weighted by Gasteiger charge is -2.04. The molecule has 5 nitrogen and oxygen atoms in total. The molecule has 1 aromatic carbocycles. The minimum atomic E-state index is -0.190. The number of benzene rings is 1. The van der Waals surface area contributed by atoms with Crippen LogP contribution in [0.3, 0.4) is 0 Å². The second kappa shape index (κ2) is 5.93. The number of rotatable bonds is 4. The summed E-state index contributed by atoms with van der Waals surface area (Å²) in [6.45, 7) is 4.22. The van der Waals surface area contributed by atoms with E-state index in [1.165, 1.54) is 0 Å². The van der Waals surface area contributed by atoms with Crippen LogP contribution in [-0.2, 0) is 12.8 Å². The largest absolute Gasteiger partial charge is 0.308 e. The van der Waals surface area contributed by atoms with Gasteiger partial charge in [0.15, 0.2) is 0 Å². The summed E-state index contributed by atoms with van der Waals surface area (Å²) in [7, 11) is 0. The number of hydrogen-bond acceptors (Lipinski definition) is 3. The van der Waals surface area contributed by atoms with Crippen molar-refractivity contribution in [3.8, 4) is 0 Å². The second-order valence-electron chi connectivity index (χ2n) is 5.81. The molecule has 0 unspecified atom stereocenters. The van der Waals surface area contributed by atoms with Crippen LogP contribution in [0.5, 0.6) is 0 Å². The summed E-state index contributed by atoms with van der Waals surface area (Å²) in [6, 6.07) is 7.54. The van der Waals surface area contributed by atoms with Gasteiger partial charge in [-0.15, -0.1) is 0 Å². The third-order valence-electron chi connectivity index (χ3n) is 3.41. The van der Waals surface area contributed by atoms with Gasteiger partial charge in [-0.2, -0.15) is 5.10 Å². The maximum Gasteiger partial charge on any atom is 0.276 e. The average molecular weight is 317 g/mol. The monoisotopic (exact) mass is 316 g/mol. The molecule has 2 N–H and O–H groups in total. The summed E-state index contributed by atoms with van der Waals surface area (Å²) in [5.41, 5.74) is 2.75. The summed E-state index contributed by atoms with van der Waals surface area (Å²) in [5, 5.41) is 7.69. The van der Waals surface area contributed by atoms with Crippen LogP contribution < -0.4 is 5.56 Å². The van der Waals surface area contributed by atoms with Gasteiger partial charge < -0.3 is 4.98 Å². The van der Waals surface area contributed by atoms with E-state index in [4.69, 9.17) is 11.6 Å². The van der Waals surface area contributed by atoms with Gasteiger partial charge in [0.25, 0.3) is 5.56 Å². The van der Waals surface area contributed by atoms with Crippen molar-refractivity contribution in [3.05, 3.63) is 56.7 Å². The van der Waals surface area contributed by atoms with Crippen molar-refractivity contribution >= 4 is 22.6 Å². The van der Waals surface area contributed by atoms with Crippen molar-refractivity contribution in [3.63, 3.8) is 0 Å². The Balaban J connectivity index is 2.01. The molecule has 0 bridgehead atoms. The molecule has 0 saturated heterocycles. The number of hydrogen-bond donors (Lipinski definition) is 2. The molecule has 3 aromatic rings. The molecule has 2 aromatic heterocycles. The van der Waals surface area contributed by atoms with Gasteiger partial charge in [-0.25, -0.2) is 4.98 Å². The number of fused-ring (bicyclic) bond motifs is 1. The highest BCUT2D eigenvalue weighted by Crippen LogP contribution is 2.16. The maximum absolute atomic E-state index is 12.2. The van der Waals surface area contributed by atoms with Crippen molar-refractivity contribution in [2.45, 2.75) is 26.7 Å². The molecular weight excluding hydrogens is 300 g/mol. The number of aromatic nitrogens is 4. The van der Waals surface area contributed by atoms with E-state index in [0.29, 0.717) is 34.2 Å². The Morgan fingerprint density at radius 3 is 2.86 bits per heavy atom. The molecule has 0 radical (unpaired) electrons. The van der Waals surface area contributed by atoms with E-state index in [-0.39, 0.29) is 5.56 Å². The van der Waals surface area contributed by atoms with E-state index in [1.54, 1.807) is 0 Å². The lowest BCUT2D eigenvalue weighted by molar-refractivity contribution is 0.635. The van der Waals surface area contributed by atoms with Gasteiger partial charge in [-0.1, -0.05) is 37.6 Å². The molecule has 0 aliphatic heterocycles. The summed E-state index contributed by atoms with van der Waals surface area (Å²) < 4.78 is 0. The zero-order chi connectivity index (χ0) is 15.7. The summed E-state index contributed by atoms with van der Waals surface area (Å²) >= 11 is 6.00. The Morgan fingerprint density at radius 1 is 1.32 bits per heavy atom. The first-order chi connectivity index (χ1) is 10.5. The number of H-pyrrole nitrogens is 2. The van der Waals surface area contributed by atoms with E-state index in [1.807, 2.05) is 24.3 Å². The van der Waals surface area contributed by atoms with Crippen molar-refractivity contribution in [1.82, 2.24) is 20.2 Å². The highest BCUT2D eigenvalue weighted by Gasteiger charge is 2.13. The molecule has 0 saturated carbocycles. The molecule has 0 aliphatic carbocycles. The zero-order valence-corrected chi connectivity index (χ0v) is 13.2. The van der Waals surface area contributed by atoms with Gasteiger partial charge >= 0.3 is 0 Å². The van der Waals surface area contributed by atoms with Gasteiger partial charge in [0.1, 0.15) is 16.9 Å². The van der Waals surface area contributed by atoms with Gasteiger partial charge in [0.2, 0.25) is 0 Å². The van der Waals surface area contributed by atoms with E-state index < -0.39 is 0 Å². The molecule has 0 atom stereocenters.